The van der Waals surface area contributed by atoms with Crippen molar-refractivity contribution in [1.29, 1.82) is 0 Å². The van der Waals surface area contributed by atoms with Crippen LogP contribution in [0.25, 0.3) is 111 Å². The SMILES string of the molecule is C1=c2c(-c3ccccc3)c3ccccc3c(-c3ccc(-c4ccc(-c5c6ccccc6c(-c6cccc7ccccc67)c6ccncc56)cc4)cc3)c2=CNC1. The van der Waals surface area contributed by atoms with Gasteiger partial charge in [0, 0.05) is 35.7 Å². The molecule has 262 valence electrons. The van der Waals surface area contributed by atoms with Gasteiger partial charge in [0.25, 0.3) is 0 Å². The summed E-state index contributed by atoms with van der Waals surface area (Å²) in [5.41, 5.74) is 12.3. The van der Waals surface area contributed by atoms with Crippen molar-refractivity contribution in [3.05, 3.63) is 199 Å². The highest BCUT2D eigenvalue weighted by Crippen LogP contribution is 2.45. The minimum absolute atomic E-state index is 0.815. The van der Waals surface area contributed by atoms with Gasteiger partial charge < -0.3 is 5.32 Å². The van der Waals surface area contributed by atoms with Gasteiger partial charge in [0.15, 0.2) is 0 Å². The van der Waals surface area contributed by atoms with Crippen LogP contribution in [0.3, 0.4) is 0 Å². The van der Waals surface area contributed by atoms with Crippen molar-refractivity contribution in [3.8, 4) is 55.6 Å². The van der Waals surface area contributed by atoms with E-state index in [1.807, 2.05) is 12.4 Å². The molecule has 1 aliphatic rings. The zero-order valence-corrected chi connectivity index (χ0v) is 30.7. The number of hydrogen-bond donors (Lipinski definition) is 1. The summed E-state index contributed by atoms with van der Waals surface area (Å²) in [6, 6.07) is 64.2. The quantitative estimate of drug-likeness (QED) is 0.180. The van der Waals surface area contributed by atoms with Crippen LogP contribution in [0.15, 0.2) is 188 Å². The molecule has 0 fully saturated rings. The molecule has 0 unspecified atom stereocenters. The second-order valence-corrected chi connectivity index (χ2v) is 14.6. The molecule has 56 heavy (non-hydrogen) atoms. The largest absolute Gasteiger partial charge is 0.387 e. The molecule has 0 aliphatic carbocycles. The molecule has 2 heterocycles. The van der Waals surface area contributed by atoms with Crippen LogP contribution in [-0.2, 0) is 0 Å². The third kappa shape index (κ3) is 5.15. The fourth-order valence-electron chi connectivity index (χ4n) is 9.11. The van der Waals surface area contributed by atoms with Gasteiger partial charge in [-0.2, -0.15) is 0 Å². The molecule has 0 radical (unpaired) electrons. The highest BCUT2D eigenvalue weighted by atomic mass is 14.8. The van der Waals surface area contributed by atoms with Crippen LogP contribution in [0, 0.1) is 0 Å². The van der Waals surface area contributed by atoms with Crippen molar-refractivity contribution < 1.29 is 0 Å². The van der Waals surface area contributed by atoms with Crippen molar-refractivity contribution in [1.82, 2.24) is 10.3 Å². The molecule has 0 spiro atoms. The number of nitrogens with zero attached hydrogens (tertiary/aromatic N) is 1. The van der Waals surface area contributed by atoms with Gasteiger partial charge in [-0.3, -0.25) is 4.98 Å². The zero-order chi connectivity index (χ0) is 37.0. The molecule has 0 atom stereocenters. The smallest absolute Gasteiger partial charge is 0.0353 e. The molecule has 1 aliphatic heterocycles. The number of pyridine rings is 1. The maximum absolute atomic E-state index is 4.66. The average Bonchev–Trinajstić information content (AvgIpc) is 3.27. The number of aromatic nitrogens is 1. The van der Waals surface area contributed by atoms with Gasteiger partial charge in [0.1, 0.15) is 0 Å². The first-order valence-electron chi connectivity index (χ1n) is 19.3. The third-order valence-corrected chi connectivity index (χ3v) is 11.6. The fourth-order valence-corrected chi connectivity index (χ4v) is 9.11. The van der Waals surface area contributed by atoms with Gasteiger partial charge in [0.05, 0.1) is 0 Å². The molecule has 10 aromatic rings. The van der Waals surface area contributed by atoms with Crippen molar-refractivity contribution in [2.24, 2.45) is 0 Å². The molecule has 11 rings (SSSR count). The number of rotatable bonds is 5. The van der Waals surface area contributed by atoms with Crippen LogP contribution >= 0.6 is 0 Å². The molecule has 9 aromatic carbocycles. The number of nitrogens with one attached hydrogen (secondary N) is 1. The van der Waals surface area contributed by atoms with Gasteiger partial charge in [0.2, 0.25) is 0 Å². The van der Waals surface area contributed by atoms with Gasteiger partial charge in [-0.05, 0) is 105 Å². The van der Waals surface area contributed by atoms with E-state index >= 15 is 0 Å². The molecular formula is C54H36N2. The minimum atomic E-state index is 0.815. The molecule has 0 saturated carbocycles. The van der Waals surface area contributed by atoms with Crippen LogP contribution in [-0.4, -0.2) is 11.5 Å². The predicted molar refractivity (Wildman–Crippen MR) is 238 cm³/mol. The second kappa shape index (κ2) is 13.2. The van der Waals surface area contributed by atoms with Crippen LogP contribution < -0.4 is 15.8 Å². The van der Waals surface area contributed by atoms with E-state index in [1.54, 1.807) is 0 Å². The van der Waals surface area contributed by atoms with E-state index in [0.717, 1.165) is 11.9 Å². The van der Waals surface area contributed by atoms with Gasteiger partial charge >= 0.3 is 0 Å². The monoisotopic (exact) mass is 712 g/mol. The topological polar surface area (TPSA) is 24.9 Å². The lowest BCUT2D eigenvalue weighted by Crippen LogP contribution is -2.36. The summed E-state index contributed by atoms with van der Waals surface area (Å²) in [4.78, 5) is 4.66. The first-order valence-corrected chi connectivity index (χ1v) is 19.3. The van der Waals surface area contributed by atoms with Crippen molar-refractivity contribution in [2.45, 2.75) is 0 Å². The number of benzene rings is 9. The summed E-state index contributed by atoms with van der Waals surface area (Å²) in [6.45, 7) is 0.815. The predicted octanol–water partition coefficient (Wildman–Crippen LogP) is 12.2. The Bertz CT molecular complexity index is 3210. The highest BCUT2D eigenvalue weighted by molar-refractivity contribution is 6.23. The summed E-state index contributed by atoms with van der Waals surface area (Å²) in [6.07, 6.45) is 8.50. The summed E-state index contributed by atoms with van der Waals surface area (Å²) < 4.78 is 0. The summed E-state index contributed by atoms with van der Waals surface area (Å²) in [5, 5.41) is 15.9. The van der Waals surface area contributed by atoms with E-state index in [0.29, 0.717) is 0 Å². The van der Waals surface area contributed by atoms with Crippen molar-refractivity contribution >= 4 is 55.4 Å². The Morgan fingerprint density at radius 1 is 0.357 bits per heavy atom. The normalized spacial score (nSPS) is 12.3. The summed E-state index contributed by atoms with van der Waals surface area (Å²) >= 11 is 0. The van der Waals surface area contributed by atoms with E-state index in [2.05, 4.69) is 199 Å². The van der Waals surface area contributed by atoms with Crippen LogP contribution in [0.1, 0.15) is 0 Å². The molecule has 0 bridgehead atoms. The summed E-state index contributed by atoms with van der Waals surface area (Å²) in [5.74, 6) is 0. The lowest BCUT2D eigenvalue weighted by Gasteiger charge is -2.19. The zero-order valence-electron chi connectivity index (χ0n) is 30.7. The first kappa shape index (κ1) is 32.2. The van der Waals surface area contributed by atoms with Gasteiger partial charge in [-0.1, -0.05) is 176 Å². The molecule has 2 heteroatoms. The second-order valence-electron chi connectivity index (χ2n) is 14.6. The van der Waals surface area contributed by atoms with Crippen molar-refractivity contribution in [3.63, 3.8) is 0 Å². The van der Waals surface area contributed by atoms with E-state index in [9.17, 15) is 0 Å². The van der Waals surface area contributed by atoms with Gasteiger partial charge in [-0.15, -0.1) is 0 Å². The molecular weight excluding hydrogens is 677 g/mol. The standard InChI is InChI=1S/C54H36N2/c1-2-12-38(13-3-1)51-43-16-6-7-17-44(43)52(49-33-55-31-29-47(49)51)39-25-21-35(22-26-39)36-23-27-40(28-24-36)53-45-18-8-9-19-46(45)54(48-30-32-56-34-50(48)53)42-20-10-14-37-11-4-5-15-41(37)42/h1-30,32-34,55H,31H2. The Morgan fingerprint density at radius 2 is 0.857 bits per heavy atom. The van der Waals surface area contributed by atoms with E-state index in [-0.39, 0.29) is 0 Å². The van der Waals surface area contributed by atoms with Crippen molar-refractivity contribution in [2.75, 3.05) is 6.54 Å². The maximum atomic E-state index is 4.66. The lowest BCUT2D eigenvalue weighted by atomic mass is 9.85. The highest BCUT2D eigenvalue weighted by Gasteiger charge is 2.19. The average molecular weight is 713 g/mol. The molecule has 0 amide bonds. The Hall–Kier alpha value is -7.29. The molecule has 1 aromatic heterocycles. The minimum Gasteiger partial charge on any atom is -0.387 e. The van der Waals surface area contributed by atoms with E-state index in [1.165, 1.54) is 104 Å². The fraction of sp³-hybridized carbons (Fsp3) is 0.0185. The molecule has 0 saturated heterocycles. The Labute approximate surface area is 325 Å². The van der Waals surface area contributed by atoms with Crippen LogP contribution in [0.4, 0.5) is 0 Å². The summed E-state index contributed by atoms with van der Waals surface area (Å²) in [7, 11) is 0. The van der Waals surface area contributed by atoms with E-state index < -0.39 is 0 Å². The number of fused-ring (bicyclic) bond motifs is 5. The Balaban J connectivity index is 1.02. The Kier molecular flexibility index (Phi) is 7.60. The van der Waals surface area contributed by atoms with Crippen LogP contribution in [0.2, 0.25) is 0 Å². The number of hydrogen-bond acceptors (Lipinski definition) is 2. The van der Waals surface area contributed by atoms with E-state index in [4.69, 9.17) is 0 Å². The molecule has 2 nitrogen and oxygen atoms in total. The Morgan fingerprint density at radius 3 is 1.55 bits per heavy atom. The van der Waals surface area contributed by atoms with Crippen LogP contribution in [0.5, 0.6) is 0 Å². The lowest BCUT2D eigenvalue weighted by molar-refractivity contribution is 1.06. The maximum Gasteiger partial charge on any atom is 0.0353 e. The van der Waals surface area contributed by atoms with Gasteiger partial charge in [-0.25, -0.2) is 0 Å². The first-order chi connectivity index (χ1) is 27.8. The third-order valence-electron chi connectivity index (χ3n) is 11.6. The molecule has 1 N–H and O–H groups in total.